The number of phenols is 2. The van der Waals surface area contributed by atoms with Gasteiger partial charge in [-0.3, -0.25) is 0 Å². The summed E-state index contributed by atoms with van der Waals surface area (Å²) in [6, 6.07) is 10.3. The summed E-state index contributed by atoms with van der Waals surface area (Å²) in [6.07, 6.45) is 6.75. The summed E-state index contributed by atoms with van der Waals surface area (Å²) < 4.78 is 16.9. The lowest BCUT2D eigenvalue weighted by atomic mass is 10.1. The molecular formula is C33H42BrIO8. The van der Waals surface area contributed by atoms with E-state index in [4.69, 9.17) is 19.3 Å². The van der Waals surface area contributed by atoms with Crippen LogP contribution in [0, 0.1) is 3.57 Å². The van der Waals surface area contributed by atoms with Crippen molar-refractivity contribution in [2.75, 3.05) is 0 Å². The first-order valence-corrected chi connectivity index (χ1v) is 15.0. The Labute approximate surface area is 277 Å². The molecule has 236 valence electrons. The molecule has 2 aromatic rings. The smallest absolute Gasteiger partial charge is 0.331 e. The Morgan fingerprint density at radius 2 is 1.19 bits per heavy atom. The molecule has 0 fully saturated rings. The highest BCUT2D eigenvalue weighted by Crippen LogP contribution is 2.23. The minimum atomic E-state index is -0.570. The Morgan fingerprint density at radius 3 is 1.56 bits per heavy atom. The summed E-state index contributed by atoms with van der Waals surface area (Å²) in [5, 5.41) is 19.1. The minimum Gasteiger partial charge on any atom is -0.507 e. The van der Waals surface area contributed by atoms with Crippen molar-refractivity contribution in [1.82, 2.24) is 0 Å². The van der Waals surface area contributed by atoms with Crippen molar-refractivity contribution < 1.29 is 38.8 Å². The summed E-state index contributed by atoms with van der Waals surface area (Å²) in [5.74, 6) is -1.000. The molecule has 0 atom stereocenters. The quantitative estimate of drug-likeness (QED) is 0.135. The van der Waals surface area contributed by atoms with Gasteiger partial charge in [0, 0.05) is 28.3 Å². The first-order valence-electron chi connectivity index (χ1n) is 13.2. The largest absolute Gasteiger partial charge is 0.507 e. The van der Waals surface area contributed by atoms with E-state index in [2.05, 4.69) is 45.1 Å². The van der Waals surface area contributed by atoms with Gasteiger partial charge in [0.1, 0.15) is 28.3 Å². The maximum atomic E-state index is 11.6. The number of benzene rings is 2. The number of ether oxygens (including phenoxy) is 3. The number of rotatable bonds is 5. The van der Waals surface area contributed by atoms with Gasteiger partial charge in [0.25, 0.3) is 0 Å². The molecule has 0 unspecified atom stereocenters. The van der Waals surface area contributed by atoms with Crippen molar-refractivity contribution >= 4 is 68.6 Å². The summed E-state index contributed by atoms with van der Waals surface area (Å²) in [4.78, 5) is 33.8. The normalized spacial score (nSPS) is 11.5. The van der Waals surface area contributed by atoms with Gasteiger partial charge < -0.3 is 24.4 Å². The van der Waals surface area contributed by atoms with Crippen LogP contribution in [-0.2, 0) is 28.6 Å². The average Bonchev–Trinajstić information content (AvgIpc) is 2.82. The highest BCUT2D eigenvalue weighted by molar-refractivity contribution is 14.1. The fraction of sp³-hybridized carbons (Fsp3) is 0.364. The summed E-state index contributed by atoms with van der Waals surface area (Å²) in [7, 11) is 0. The Bertz CT molecular complexity index is 1310. The van der Waals surface area contributed by atoms with Crippen molar-refractivity contribution in [2.24, 2.45) is 0 Å². The predicted molar refractivity (Wildman–Crippen MR) is 182 cm³/mol. The molecule has 0 spiro atoms. The third-order valence-corrected chi connectivity index (χ3v) is 5.57. The lowest BCUT2D eigenvalue weighted by Gasteiger charge is -2.18. The second-order valence-electron chi connectivity index (χ2n) is 11.9. The van der Waals surface area contributed by atoms with E-state index in [1.54, 1.807) is 65.8 Å². The van der Waals surface area contributed by atoms with Crippen molar-refractivity contribution in [3.8, 4) is 11.5 Å². The standard InChI is InChI=1S/C20H26O5.C7H12O2.C6H4BrIO/c1-19(2,3)24-17(22)11-8-14-7-9-15(16(21)13-14)10-12-18(23)25-20(4,5)6;1-5-6(8)9-7(2,3)4;7-4-1-2-5(8)6(9)3-4/h7-13,21H,1-6H3;5H,1H2,2-4H3;1-3,9H/b11-8+,12-10+;;. The highest BCUT2D eigenvalue weighted by atomic mass is 127. The molecule has 8 nitrogen and oxygen atoms in total. The molecule has 0 radical (unpaired) electrons. The van der Waals surface area contributed by atoms with Gasteiger partial charge in [-0.1, -0.05) is 34.6 Å². The molecule has 0 aliphatic carbocycles. The zero-order valence-electron chi connectivity index (χ0n) is 26.2. The number of carbonyl (C=O) groups excluding carboxylic acids is 3. The van der Waals surface area contributed by atoms with E-state index in [1.165, 1.54) is 24.3 Å². The van der Waals surface area contributed by atoms with Crippen molar-refractivity contribution in [2.45, 2.75) is 79.1 Å². The predicted octanol–water partition coefficient (Wildman–Crippen LogP) is 8.38. The second kappa shape index (κ2) is 17.9. The molecule has 2 aromatic carbocycles. The van der Waals surface area contributed by atoms with Crippen molar-refractivity contribution in [1.29, 1.82) is 0 Å². The molecule has 0 saturated carbocycles. The third-order valence-electron chi connectivity index (χ3n) is 4.16. The van der Waals surface area contributed by atoms with Crippen molar-refractivity contribution in [3.63, 3.8) is 0 Å². The van der Waals surface area contributed by atoms with Crippen LogP contribution >= 0.6 is 38.5 Å². The van der Waals surface area contributed by atoms with Gasteiger partial charge in [0.05, 0.1) is 3.57 Å². The first-order chi connectivity index (χ1) is 19.5. The molecule has 0 aliphatic rings. The van der Waals surface area contributed by atoms with Crippen LogP contribution in [0.15, 0.2) is 65.7 Å². The van der Waals surface area contributed by atoms with Crippen LogP contribution in [0.25, 0.3) is 12.2 Å². The zero-order chi connectivity index (χ0) is 33.6. The molecule has 0 aromatic heterocycles. The fourth-order valence-corrected chi connectivity index (χ4v) is 3.31. The molecule has 0 bridgehead atoms. The van der Waals surface area contributed by atoms with E-state index in [9.17, 15) is 19.5 Å². The van der Waals surface area contributed by atoms with Crippen LogP contribution in [0.5, 0.6) is 11.5 Å². The Hall–Kier alpha value is -3.12. The van der Waals surface area contributed by atoms with E-state index in [-0.39, 0.29) is 11.7 Å². The maximum absolute atomic E-state index is 11.6. The third kappa shape index (κ3) is 21.3. The first kappa shape index (κ1) is 39.9. The lowest BCUT2D eigenvalue weighted by molar-refractivity contribution is -0.149. The number of carbonyl (C=O) groups is 3. The molecule has 2 N–H and O–H groups in total. The van der Waals surface area contributed by atoms with Gasteiger partial charge in [0.2, 0.25) is 0 Å². The van der Waals surface area contributed by atoms with Crippen molar-refractivity contribution in [3.05, 3.63) is 80.4 Å². The van der Waals surface area contributed by atoms with Gasteiger partial charge in [-0.2, -0.15) is 0 Å². The van der Waals surface area contributed by atoms with Gasteiger partial charge in [-0.25, -0.2) is 14.4 Å². The minimum absolute atomic E-state index is 0.00820. The van der Waals surface area contributed by atoms with Gasteiger partial charge >= 0.3 is 17.9 Å². The topological polar surface area (TPSA) is 119 Å². The second-order valence-corrected chi connectivity index (χ2v) is 14.0. The SMILES string of the molecule is C=CC(=O)OC(C)(C)C.CC(C)(C)OC(=O)/C=C/c1ccc(/C=C/C(=O)OC(C)(C)C)c(O)c1.Oc1cc(Br)ccc1I. The van der Waals surface area contributed by atoms with E-state index in [0.29, 0.717) is 16.9 Å². The highest BCUT2D eigenvalue weighted by Gasteiger charge is 2.15. The van der Waals surface area contributed by atoms with Crippen LogP contribution in [0.2, 0.25) is 0 Å². The number of hydrogen-bond acceptors (Lipinski definition) is 8. The molecule has 0 heterocycles. The average molecular weight is 773 g/mol. The van der Waals surface area contributed by atoms with Crippen LogP contribution in [0.4, 0.5) is 0 Å². The van der Waals surface area contributed by atoms with E-state index in [1.807, 2.05) is 32.9 Å². The van der Waals surface area contributed by atoms with Gasteiger partial charge in [0.15, 0.2) is 0 Å². The monoisotopic (exact) mass is 772 g/mol. The summed E-state index contributed by atoms with van der Waals surface area (Å²) in [5.41, 5.74) is -0.414. The Morgan fingerprint density at radius 1 is 0.721 bits per heavy atom. The number of aromatic hydroxyl groups is 2. The number of esters is 3. The van der Waals surface area contributed by atoms with Crippen LogP contribution in [0.1, 0.15) is 73.4 Å². The molecule has 10 heteroatoms. The van der Waals surface area contributed by atoms with Crippen LogP contribution < -0.4 is 0 Å². The summed E-state index contributed by atoms with van der Waals surface area (Å²) >= 11 is 5.30. The molecule has 2 rings (SSSR count). The molecule has 43 heavy (non-hydrogen) atoms. The molecular weight excluding hydrogens is 731 g/mol. The number of halogens is 2. The van der Waals surface area contributed by atoms with E-state index in [0.717, 1.165) is 14.1 Å². The fourth-order valence-electron chi connectivity index (χ4n) is 2.63. The Kier molecular flexibility index (Phi) is 16.6. The molecule has 0 amide bonds. The van der Waals surface area contributed by atoms with Gasteiger partial charge in [-0.15, -0.1) is 0 Å². The zero-order valence-corrected chi connectivity index (χ0v) is 29.9. The number of hydrogen-bond donors (Lipinski definition) is 2. The lowest BCUT2D eigenvalue weighted by Crippen LogP contribution is -2.22. The van der Waals surface area contributed by atoms with E-state index >= 15 is 0 Å². The molecule has 0 saturated heterocycles. The maximum Gasteiger partial charge on any atom is 0.331 e. The van der Waals surface area contributed by atoms with Crippen LogP contribution in [0.3, 0.4) is 0 Å². The van der Waals surface area contributed by atoms with Crippen LogP contribution in [-0.4, -0.2) is 44.9 Å². The summed E-state index contributed by atoms with van der Waals surface area (Å²) in [6.45, 7) is 19.4. The number of phenolic OH excluding ortho intramolecular Hbond substituents is 2. The Balaban J connectivity index is 0.000000793. The van der Waals surface area contributed by atoms with E-state index < -0.39 is 28.7 Å². The van der Waals surface area contributed by atoms with Gasteiger partial charge in [-0.05, 0) is 127 Å². The molecule has 0 aliphatic heterocycles.